The average molecular weight is 340 g/mol. The van der Waals surface area contributed by atoms with Gasteiger partial charge in [-0.25, -0.2) is 9.78 Å². The molecule has 2 aromatic rings. The van der Waals surface area contributed by atoms with Gasteiger partial charge in [-0.3, -0.25) is 4.57 Å². The fourth-order valence-corrected chi connectivity index (χ4v) is 2.29. The van der Waals surface area contributed by atoms with Crippen molar-refractivity contribution in [3.05, 3.63) is 47.5 Å². The van der Waals surface area contributed by atoms with E-state index in [1.807, 2.05) is 20.8 Å². The summed E-state index contributed by atoms with van der Waals surface area (Å²) in [6, 6.07) is 6.68. The Kier molecular flexibility index (Phi) is 4.73. The monoisotopic (exact) mass is 340 g/mol. The lowest BCUT2D eigenvalue weighted by Gasteiger charge is -2.19. The first kappa shape index (κ1) is 18.0. The fourth-order valence-electron chi connectivity index (χ4n) is 2.29. The van der Waals surface area contributed by atoms with Crippen LogP contribution in [-0.4, -0.2) is 22.1 Å². The maximum atomic E-state index is 13.4. The van der Waals surface area contributed by atoms with Crippen LogP contribution in [0, 0.1) is 0 Å². The Balaban J connectivity index is 2.53. The minimum Gasteiger partial charge on any atom is -0.461 e. The van der Waals surface area contributed by atoms with Crippen molar-refractivity contribution in [1.82, 2.24) is 9.55 Å². The van der Waals surface area contributed by atoms with Gasteiger partial charge in [-0.05, 0) is 30.0 Å². The van der Waals surface area contributed by atoms with E-state index in [9.17, 15) is 18.0 Å². The molecule has 0 aliphatic rings. The molecular weight excluding hydrogens is 321 g/mol. The van der Waals surface area contributed by atoms with Gasteiger partial charge in [-0.2, -0.15) is 13.2 Å². The van der Waals surface area contributed by atoms with E-state index in [2.05, 4.69) is 9.72 Å². The average Bonchev–Trinajstić information content (AvgIpc) is 2.92. The van der Waals surface area contributed by atoms with Crippen molar-refractivity contribution in [2.24, 2.45) is 0 Å². The maximum absolute atomic E-state index is 13.4. The lowest BCUT2D eigenvalue weighted by molar-refractivity contribution is -0.142. The van der Waals surface area contributed by atoms with Crippen molar-refractivity contribution in [2.45, 2.75) is 39.3 Å². The number of hydrogen-bond donors (Lipinski definition) is 0. The summed E-state index contributed by atoms with van der Waals surface area (Å²) in [7, 11) is 0. The largest absolute Gasteiger partial charge is 0.461 e. The molecule has 0 spiro atoms. The van der Waals surface area contributed by atoms with Crippen molar-refractivity contribution >= 4 is 5.97 Å². The number of alkyl halides is 3. The second-order valence-corrected chi connectivity index (χ2v) is 6.33. The third-order valence-corrected chi connectivity index (χ3v) is 3.52. The number of rotatable bonds is 3. The lowest BCUT2D eigenvalue weighted by atomic mass is 9.87. The van der Waals surface area contributed by atoms with Gasteiger partial charge in [-0.15, -0.1) is 0 Å². The third-order valence-electron chi connectivity index (χ3n) is 3.52. The molecule has 0 radical (unpaired) electrons. The summed E-state index contributed by atoms with van der Waals surface area (Å²) < 4.78 is 45.8. The molecule has 0 atom stereocenters. The number of carbonyl (C=O) groups excluding carboxylic acids is 1. The lowest BCUT2D eigenvalue weighted by Crippen LogP contribution is -2.18. The number of hydrogen-bond acceptors (Lipinski definition) is 3. The van der Waals surface area contributed by atoms with Crippen molar-refractivity contribution in [1.29, 1.82) is 0 Å². The van der Waals surface area contributed by atoms with E-state index in [0.717, 1.165) is 16.5 Å². The third kappa shape index (κ3) is 3.60. The first-order valence-corrected chi connectivity index (χ1v) is 7.48. The van der Waals surface area contributed by atoms with Crippen molar-refractivity contribution < 1.29 is 22.7 Å². The van der Waals surface area contributed by atoms with Gasteiger partial charge in [0.25, 0.3) is 0 Å². The molecule has 0 N–H and O–H groups in total. The molecule has 0 aliphatic carbocycles. The minimum absolute atomic E-state index is 0.0245. The van der Waals surface area contributed by atoms with Gasteiger partial charge in [0, 0.05) is 5.69 Å². The molecule has 0 saturated carbocycles. The van der Waals surface area contributed by atoms with Crippen molar-refractivity contribution in [3.8, 4) is 5.69 Å². The highest BCUT2D eigenvalue weighted by atomic mass is 19.4. The number of nitrogens with zero attached hydrogens (tertiary/aromatic N) is 2. The Morgan fingerprint density at radius 3 is 2.21 bits per heavy atom. The molecule has 0 amide bonds. The van der Waals surface area contributed by atoms with Crippen LogP contribution in [0.2, 0.25) is 0 Å². The Hall–Kier alpha value is -2.31. The van der Waals surface area contributed by atoms with E-state index in [-0.39, 0.29) is 17.7 Å². The van der Waals surface area contributed by atoms with E-state index >= 15 is 0 Å². The molecule has 24 heavy (non-hydrogen) atoms. The number of carbonyl (C=O) groups is 1. The second kappa shape index (κ2) is 6.30. The highest BCUT2D eigenvalue weighted by Gasteiger charge is 2.41. The zero-order valence-electron chi connectivity index (χ0n) is 13.9. The predicted octanol–water partition coefficient (Wildman–Crippen LogP) is 4.37. The summed E-state index contributed by atoms with van der Waals surface area (Å²) in [6.45, 7) is 7.54. The van der Waals surface area contributed by atoms with Crippen LogP contribution in [0.5, 0.6) is 0 Å². The van der Waals surface area contributed by atoms with Crippen LogP contribution < -0.4 is 0 Å². The van der Waals surface area contributed by atoms with Crippen LogP contribution in [0.25, 0.3) is 5.69 Å². The summed E-state index contributed by atoms with van der Waals surface area (Å²) in [5.41, 5.74) is -0.714. The molecule has 0 saturated heterocycles. The Bertz CT molecular complexity index is 726. The predicted molar refractivity (Wildman–Crippen MR) is 83.2 cm³/mol. The standard InChI is InChI=1S/C17H19F3N2O2/c1-5-24-15(23)13-14(17(18,19)20)22(10-21-13)12-8-6-11(7-9-12)16(2,3)4/h6-10H,5H2,1-4H3. The SMILES string of the molecule is CCOC(=O)c1ncn(-c2ccc(C(C)(C)C)cc2)c1C(F)(F)F. The van der Waals surface area contributed by atoms with Crippen LogP contribution in [0.3, 0.4) is 0 Å². The highest BCUT2D eigenvalue weighted by Crippen LogP contribution is 2.34. The van der Waals surface area contributed by atoms with Crippen molar-refractivity contribution in [3.63, 3.8) is 0 Å². The molecular formula is C17H19F3N2O2. The number of benzene rings is 1. The van der Waals surface area contributed by atoms with Gasteiger partial charge in [0.15, 0.2) is 11.4 Å². The zero-order valence-corrected chi connectivity index (χ0v) is 13.9. The summed E-state index contributed by atoms with van der Waals surface area (Å²) in [4.78, 5) is 15.4. The Morgan fingerprint density at radius 2 is 1.75 bits per heavy atom. The summed E-state index contributed by atoms with van der Waals surface area (Å²) >= 11 is 0. The normalized spacial score (nSPS) is 12.3. The molecule has 1 aromatic heterocycles. The molecule has 130 valence electrons. The van der Waals surface area contributed by atoms with Gasteiger partial charge in [0.05, 0.1) is 6.61 Å². The molecule has 0 bridgehead atoms. The van der Waals surface area contributed by atoms with Gasteiger partial charge >= 0.3 is 12.1 Å². The quantitative estimate of drug-likeness (QED) is 0.780. The van der Waals surface area contributed by atoms with Gasteiger partial charge in [0.1, 0.15) is 6.33 Å². The molecule has 7 heteroatoms. The molecule has 1 heterocycles. The Labute approximate surface area is 138 Å². The van der Waals surface area contributed by atoms with E-state index in [4.69, 9.17) is 0 Å². The number of aromatic nitrogens is 2. The fraction of sp³-hybridized carbons (Fsp3) is 0.412. The van der Waals surface area contributed by atoms with Crippen LogP contribution in [-0.2, 0) is 16.3 Å². The maximum Gasteiger partial charge on any atom is 0.434 e. The number of ether oxygens (including phenoxy) is 1. The van der Waals surface area contributed by atoms with E-state index < -0.39 is 23.5 Å². The van der Waals surface area contributed by atoms with E-state index in [0.29, 0.717) is 0 Å². The van der Waals surface area contributed by atoms with E-state index in [1.165, 1.54) is 6.92 Å². The molecule has 4 nitrogen and oxygen atoms in total. The second-order valence-electron chi connectivity index (χ2n) is 6.33. The van der Waals surface area contributed by atoms with Crippen LogP contribution in [0.1, 0.15) is 49.4 Å². The molecule has 2 rings (SSSR count). The molecule has 0 aliphatic heterocycles. The van der Waals surface area contributed by atoms with Crippen LogP contribution in [0.15, 0.2) is 30.6 Å². The molecule has 0 fully saturated rings. The van der Waals surface area contributed by atoms with Gasteiger partial charge in [-0.1, -0.05) is 32.9 Å². The zero-order chi connectivity index (χ0) is 18.1. The topological polar surface area (TPSA) is 44.1 Å². The van der Waals surface area contributed by atoms with Crippen LogP contribution in [0.4, 0.5) is 13.2 Å². The molecule has 1 aromatic carbocycles. The summed E-state index contributed by atoms with van der Waals surface area (Å²) in [5.74, 6) is -1.09. The van der Waals surface area contributed by atoms with Gasteiger partial charge in [0.2, 0.25) is 0 Å². The highest BCUT2D eigenvalue weighted by molar-refractivity contribution is 5.89. The first-order valence-electron chi connectivity index (χ1n) is 7.48. The van der Waals surface area contributed by atoms with E-state index in [1.54, 1.807) is 24.3 Å². The first-order chi connectivity index (χ1) is 11.1. The summed E-state index contributed by atoms with van der Waals surface area (Å²) in [5, 5.41) is 0. The minimum atomic E-state index is -4.73. The number of halogens is 3. The smallest absolute Gasteiger partial charge is 0.434 e. The summed E-state index contributed by atoms with van der Waals surface area (Å²) in [6.07, 6.45) is -3.75. The van der Waals surface area contributed by atoms with Crippen molar-refractivity contribution in [2.75, 3.05) is 6.61 Å². The van der Waals surface area contributed by atoms with Crippen LogP contribution >= 0.6 is 0 Å². The number of imidazole rings is 1. The molecule has 0 unspecified atom stereocenters. The number of esters is 1. The van der Waals surface area contributed by atoms with Gasteiger partial charge < -0.3 is 4.74 Å². The Morgan fingerprint density at radius 1 is 1.17 bits per heavy atom.